The zero-order valence-electron chi connectivity index (χ0n) is 9.73. The van der Waals surface area contributed by atoms with Crippen LogP contribution in [0.1, 0.15) is 13.8 Å². The Morgan fingerprint density at radius 3 is 2.56 bits per heavy atom. The van der Waals surface area contributed by atoms with Crippen LogP contribution in [0.3, 0.4) is 0 Å². The Morgan fingerprint density at radius 1 is 1.44 bits per heavy atom. The molecule has 0 aliphatic rings. The summed E-state index contributed by atoms with van der Waals surface area (Å²) >= 11 is 0. The van der Waals surface area contributed by atoms with Crippen molar-refractivity contribution in [1.29, 1.82) is 0 Å². The number of nitrogens with two attached hydrogens (primary N) is 1. The van der Waals surface area contributed by atoms with Crippen molar-refractivity contribution in [2.45, 2.75) is 19.9 Å². The van der Waals surface area contributed by atoms with Crippen LogP contribution >= 0.6 is 0 Å². The molecule has 1 aromatic rings. The van der Waals surface area contributed by atoms with Crippen molar-refractivity contribution in [2.24, 2.45) is 18.7 Å². The zero-order valence-corrected chi connectivity index (χ0v) is 9.73. The van der Waals surface area contributed by atoms with Gasteiger partial charge in [0.05, 0.1) is 11.6 Å². The summed E-state index contributed by atoms with van der Waals surface area (Å²) in [4.78, 5) is 22.8. The number of amides is 1. The number of nitrogens with one attached hydrogen (secondary N) is 1. The average Bonchev–Trinajstić information content (AvgIpc) is 2.22. The number of aromatic nitrogens is 1. The van der Waals surface area contributed by atoms with Crippen LogP contribution in [0.5, 0.6) is 0 Å². The molecular formula is C11H17N3O2. The third-order valence-electron chi connectivity index (χ3n) is 2.56. The molecule has 0 saturated carbocycles. The molecule has 3 N–H and O–H groups in total. The van der Waals surface area contributed by atoms with E-state index in [4.69, 9.17) is 5.73 Å². The number of carbonyl (C=O) groups is 1. The van der Waals surface area contributed by atoms with Crippen LogP contribution in [0.4, 0.5) is 5.69 Å². The van der Waals surface area contributed by atoms with Gasteiger partial charge >= 0.3 is 0 Å². The van der Waals surface area contributed by atoms with Crippen molar-refractivity contribution in [3.63, 3.8) is 0 Å². The monoisotopic (exact) mass is 223 g/mol. The number of carbonyl (C=O) groups excluding carboxylic acids is 1. The lowest BCUT2D eigenvalue weighted by molar-refractivity contribution is -0.119. The van der Waals surface area contributed by atoms with Crippen LogP contribution in [-0.2, 0) is 11.8 Å². The fraction of sp³-hybridized carbons (Fsp3) is 0.455. The van der Waals surface area contributed by atoms with Gasteiger partial charge in [-0.25, -0.2) is 0 Å². The normalized spacial score (nSPS) is 14.2. The number of aryl methyl sites for hydroxylation is 1. The second-order valence-electron chi connectivity index (χ2n) is 4.00. The van der Waals surface area contributed by atoms with Gasteiger partial charge in [-0.3, -0.25) is 9.59 Å². The lowest BCUT2D eigenvalue weighted by Gasteiger charge is -2.15. The predicted molar refractivity (Wildman–Crippen MR) is 63.1 cm³/mol. The molecule has 1 heterocycles. The topological polar surface area (TPSA) is 77.1 Å². The molecule has 0 aliphatic heterocycles. The first-order chi connectivity index (χ1) is 7.41. The van der Waals surface area contributed by atoms with E-state index in [1.807, 2.05) is 0 Å². The summed E-state index contributed by atoms with van der Waals surface area (Å²) in [5.74, 6) is -0.411. The van der Waals surface area contributed by atoms with Gasteiger partial charge in [-0.15, -0.1) is 0 Å². The fourth-order valence-electron chi connectivity index (χ4n) is 1.16. The first kappa shape index (κ1) is 12.4. The summed E-state index contributed by atoms with van der Waals surface area (Å²) < 4.78 is 1.41. The maximum atomic E-state index is 11.7. The van der Waals surface area contributed by atoms with Gasteiger partial charge in [-0.2, -0.15) is 0 Å². The van der Waals surface area contributed by atoms with Crippen molar-refractivity contribution in [2.75, 3.05) is 5.32 Å². The number of hydrogen-bond acceptors (Lipinski definition) is 3. The largest absolute Gasteiger partial charge is 0.327 e. The molecule has 0 fully saturated rings. The van der Waals surface area contributed by atoms with E-state index in [1.54, 1.807) is 33.2 Å². The summed E-state index contributed by atoms with van der Waals surface area (Å²) in [5, 5.41) is 2.71. The molecule has 1 rings (SSSR count). The van der Waals surface area contributed by atoms with Gasteiger partial charge in [0.1, 0.15) is 0 Å². The summed E-state index contributed by atoms with van der Waals surface area (Å²) in [6, 6.07) is 2.79. The van der Waals surface area contributed by atoms with Gasteiger partial charge in [-0.1, -0.05) is 6.92 Å². The first-order valence-corrected chi connectivity index (χ1v) is 5.15. The maximum absolute atomic E-state index is 11.7. The Bertz CT molecular complexity index is 437. The summed E-state index contributed by atoms with van der Waals surface area (Å²) in [5.41, 5.74) is 6.11. The Hall–Kier alpha value is -1.62. The van der Waals surface area contributed by atoms with E-state index >= 15 is 0 Å². The molecule has 0 aliphatic carbocycles. The Labute approximate surface area is 94.3 Å². The molecular weight excluding hydrogens is 206 g/mol. The minimum Gasteiger partial charge on any atom is -0.327 e. The van der Waals surface area contributed by atoms with Gasteiger partial charge in [0, 0.05) is 25.4 Å². The molecule has 0 bridgehead atoms. The van der Waals surface area contributed by atoms with Gasteiger partial charge < -0.3 is 15.6 Å². The number of nitrogens with zero attached hydrogens (tertiary/aromatic N) is 1. The molecule has 2 unspecified atom stereocenters. The van der Waals surface area contributed by atoms with Crippen LogP contribution in [0, 0.1) is 5.92 Å². The molecule has 1 aromatic heterocycles. The fourth-order valence-corrected chi connectivity index (χ4v) is 1.16. The number of rotatable bonds is 3. The van der Waals surface area contributed by atoms with Gasteiger partial charge in [0.2, 0.25) is 11.5 Å². The molecule has 0 aromatic carbocycles. The first-order valence-electron chi connectivity index (χ1n) is 5.15. The van der Waals surface area contributed by atoms with Crippen molar-refractivity contribution < 1.29 is 4.79 Å². The van der Waals surface area contributed by atoms with Crippen LogP contribution in [-0.4, -0.2) is 16.5 Å². The van der Waals surface area contributed by atoms with E-state index in [1.165, 1.54) is 10.6 Å². The maximum Gasteiger partial charge on any atom is 0.250 e. The molecule has 2 atom stereocenters. The lowest BCUT2D eigenvalue weighted by atomic mass is 10.0. The Balaban J connectivity index is 2.77. The van der Waals surface area contributed by atoms with E-state index < -0.39 is 0 Å². The van der Waals surface area contributed by atoms with Crippen LogP contribution < -0.4 is 16.6 Å². The smallest absolute Gasteiger partial charge is 0.250 e. The number of pyridine rings is 1. The van der Waals surface area contributed by atoms with E-state index in [-0.39, 0.29) is 23.4 Å². The van der Waals surface area contributed by atoms with Crippen LogP contribution in [0.25, 0.3) is 0 Å². The van der Waals surface area contributed by atoms with Crippen molar-refractivity contribution in [3.8, 4) is 0 Å². The van der Waals surface area contributed by atoms with Gasteiger partial charge in [0.25, 0.3) is 0 Å². The molecule has 1 amide bonds. The summed E-state index contributed by atoms with van der Waals surface area (Å²) in [6.45, 7) is 3.55. The number of hydrogen-bond donors (Lipinski definition) is 2. The molecule has 88 valence electrons. The van der Waals surface area contributed by atoms with Crippen LogP contribution in [0.2, 0.25) is 0 Å². The van der Waals surface area contributed by atoms with Crippen molar-refractivity contribution in [1.82, 2.24) is 4.57 Å². The molecule has 0 saturated heterocycles. The second-order valence-corrected chi connectivity index (χ2v) is 4.00. The van der Waals surface area contributed by atoms with Crippen molar-refractivity contribution >= 4 is 11.6 Å². The third-order valence-corrected chi connectivity index (χ3v) is 2.56. The van der Waals surface area contributed by atoms with Crippen LogP contribution in [0.15, 0.2) is 23.1 Å². The van der Waals surface area contributed by atoms with E-state index in [0.717, 1.165) is 0 Å². The van der Waals surface area contributed by atoms with Crippen molar-refractivity contribution in [3.05, 3.63) is 28.7 Å². The highest BCUT2D eigenvalue weighted by Gasteiger charge is 2.16. The standard InChI is InChI=1S/C11H17N3O2/c1-7(8(2)12)11(16)13-9-4-5-10(15)14(3)6-9/h4-8H,12H2,1-3H3,(H,13,16). The second kappa shape index (κ2) is 4.94. The van der Waals surface area contributed by atoms with E-state index in [2.05, 4.69) is 5.32 Å². The van der Waals surface area contributed by atoms with Gasteiger partial charge in [-0.05, 0) is 13.0 Å². The minimum absolute atomic E-state index is 0.113. The molecule has 5 nitrogen and oxygen atoms in total. The summed E-state index contributed by atoms with van der Waals surface area (Å²) in [7, 11) is 1.63. The SMILES string of the molecule is CC(N)C(C)C(=O)Nc1ccc(=O)n(C)c1. The van der Waals surface area contributed by atoms with Gasteiger partial charge in [0.15, 0.2) is 0 Å². The third kappa shape index (κ3) is 2.93. The highest BCUT2D eigenvalue weighted by molar-refractivity contribution is 5.92. The summed E-state index contributed by atoms with van der Waals surface area (Å²) in [6.07, 6.45) is 1.58. The molecule has 5 heteroatoms. The quantitative estimate of drug-likeness (QED) is 0.774. The predicted octanol–water partition coefficient (Wildman–Crippen LogP) is 0.307. The average molecular weight is 223 g/mol. The number of anilines is 1. The Kier molecular flexibility index (Phi) is 3.84. The molecule has 0 radical (unpaired) electrons. The molecule has 16 heavy (non-hydrogen) atoms. The highest BCUT2D eigenvalue weighted by Crippen LogP contribution is 2.07. The van der Waals surface area contributed by atoms with E-state index in [0.29, 0.717) is 5.69 Å². The van der Waals surface area contributed by atoms with E-state index in [9.17, 15) is 9.59 Å². The zero-order chi connectivity index (χ0) is 12.3. The highest BCUT2D eigenvalue weighted by atomic mass is 16.2. The minimum atomic E-state index is -0.266. The Morgan fingerprint density at radius 2 is 2.06 bits per heavy atom. The molecule has 0 spiro atoms. The lowest BCUT2D eigenvalue weighted by Crippen LogP contribution is -2.34.